The van der Waals surface area contributed by atoms with Crippen molar-refractivity contribution in [3.8, 4) is 11.8 Å². The van der Waals surface area contributed by atoms with E-state index in [0.717, 1.165) is 16.5 Å². The van der Waals surface area contributed by atoms with Gasteiger partial charge in [-0.3, -0.25) is 0 Å². The van der Waals surface area contributed by atoms with Crippen molar-refractivity contribution in [1.82, 2.24) is 20.3 Å². The summed E-state index contributed by atoms with van der Waals surface area (Å²) in [4.78, 5) is 8.44. The molecule has 1 aromatic carbocycles. The van der Waals surface area contributed by atoms with E-state index >= 15 is 0 Å². The summed E-state index contributed by atoms with van der Waals surface area (Å²) in [6, 6.07) is 9.50. The smallest absolute Gasteiger partial charge is 0.232 e. The molecular formula is C20H14Cl2N4O2. The second kappa shape index (κ2) is 7.27. The van der Waals surface area contributed by atoms with Gasteiger partial charge in [0.1, 0.15) is 11.4 Å². The fourth-order valence-corrected chi connectivity index (χ4v) is 2.80. The maximum absolute atomic E-state index is 6.00. The second-order valence-electron chi connectivity index (χ2n) is 6.31. The van der Waals surface area contributed by atoms with E-state index in [-0.39, 0.29) is 5.82 Å². The number of halogens is 2. The van der Waals surface area contributed by atoms with Crippen LogP contribution in [0.3, 0.4) is 0 Å². The number of rotatable bonds is 3. The van der Waals surface area contributed by atoms with Crippen molar-refractivity contribution in [2.75, 3.05) is 0 Å². The molecule has 0 aliphatic heterocycles. The maximum atomic E-state index is 6.00. The van der Waals surface area contributed by atoms with E-state index in [1.165, 1.54) is 0 Å². The van der Waals surface area contributed by atoms with Crippen LogP contribution < -0.4 is 0 Å². The van der Waals surface area contributed by atoms with Crippen LogP contribution in [-0.4, -0.2) is 20.3 Å². The lowest BCUT2D eigenvalue weighted by Gasteiger charge is -2.04. The standard InChI is InChI=1S/C20H14Cl2N4O2/c1-12-6-8-15-16(11-17-24-19(26-27-17)20(2,21)22)25-28-18(15)14(12)9-7-13-5-3-4-10-23-13/h3-6,8,10H,11H2,1-2H3. The van der Waals surface area contributed by atoms with Gasteiger partial charge in [-0.1, -0.05) is 51.6 Å². The normalized spacial score (nSPS) is 11.4. The minimum absolute atomic E-state index is 0.205. The van der Waals surface area contributed by atoms with Crippen molar-refractivity contribution in [2.24, 2.45) is 0 Å². The van der Waals surface area contributed by atoms with Crippen molar-refractivity contribution in [1.29, 1.82) is 0 Å². The number of fused-ring (bicyclic) bond motifs is 1. The largest absolute Gasteiger partial charge is 0.355 e. The van der Waals surface area contributed by atoms with Gasteiger partial charge in [0.2, 0.25) is 11.7 Å². The van der Waals surface area contributed by atoms with Gasteiger partial charge < -0.3 is 9.05 Å². The number of nitrogens with zero attached hydrogens (tertiary/aromatic N) is 4. The molecule has 140 valence electrons. The molecule has 6 nitrogen and oxygen atoms in total. The Morgan fingerprint density at radius 1 is 1.07 bits per heavy atom. The third-order valence-electron chi connectivity index (χ3n) is 4.08. The summed E-state index contributed by atoms with van der Waals surface area (Å²) in [5, 5.41) is 8.80. The van der Waals surface area contributed by atoms with Crippen molar-refractivity contribution >= 4 is 34.2 Å². The van der Waals surface area contributed by atoms with E-state index in [9.17, 15) is 0 Å². The first kappa shape index (κ1) is 18.5. The molecule has 0 spiro atoms. The predicted molar refractivity (Wildman–Crippen MR) is 105 cm³/mol. The van der Waals surface area contributed by atoms with Crippen LogP contribution in [0.4, 0.5) is 0 Å². The van der Waals surface area contributed by atoms with Crippen LogP contribution >= 0.6 is 23.2 Å². The third kappa shape index (κ3) is 3.72. The fraction of sp³-hybridized carbons (Fsp3) is 0.200. The van der Waals surface area contributed by atoms with Gasteiger partial charge in [0.05, 0.1) is 12.0 Å². The highest BCUT2D eigenvalue weighted by Crippen LogP contribution is 2.31. The van der Waals surface area contributed by atoms with Crippen LogP contribution in [0.1, 0.15) is 41.2 Å². The monoisotopic (exact) mass is 412 g/mol. The summed E-state index contributed by atoms with van der Waals surface area (Å²) in [5.41, 5.74) is 3.71. The van der Waals surface area contributed by atoms with Crippen molar-refractivity contribution in [3.05, 3.63) is 70.8 Å². The van der Waals surface area contributed by atoms with Crippen LogP contribution in [0.5, 0.6) is 0 Å². The predicted octanol–water partition coefficient (Wildman–Crippen LogP) is 4.56. The minimum Gasteiger partial charge on any atom is -0.355 e. The van der Waals surface area contributed by atoms with E-state index in [1.807, 2.05) is 37.3 Å². The Labute approximate surface area is 170 Å². The number of aromatic nitrogens is 4. The van der Waals surface area contributed by atoms with Crippen molar-refractivity contribution < 1.29 is 9.05 Å². The highest BCUT2D eigenvalue weighted by atomic mass is 35.5. The van der Waals surface area contributed by atoms with E-state index < -0.39 is 4.33 Å². The lowest BCUT2D eigenvalue weighted by molar-refractivity contribution is 0.373. The number of alkyl halides is 2. The zero-order valence-corrected chi connectivity index (χ0v) is 16.5. The van der Waals surface area contributed by atoms with Crippen LogP contribution in [0.2, 0.25) is 0 Å². The van der Waals surface area contributed by atoms with Crippen LogP contribution in [-0.2, 0) is 10.8 Å². The summed E-state index contributed by atoms with van der Waals surface area (Å²) in [6.07, 6.45) is 2.00. The molecule has 0 atom stereocenters. The lowest BCUT2D eigenvalue weighted by Crippen LogP contribution is -2.06. The minimum atomic E-state index is -1.22. The van der Waals surface area contributed by atoms with Gasteiger partial charge in [0.25, 0.3) is 0 Å². The maximum Gasteiger partial charge on any atom is 0.232 e. The van der Waals surface area contributed by atoms with Gasteiger partial charge >= 0.3 is 0 Å². The quantitative estimate of drug-likeness (QED) is 0.362. The SMILES string of the molecule is Cc1ccc2c(Cc3nc(C(C)(Cl)Cl)no3)noc2c1C#Cc1ccccn1. The highest BCUT2D eigenvalue weighted by molar-refractivity contribution is 6.47. The molecule has 0 bridgehead atoms. The molecule has 0 aliphatic rings. The molecule has 0 saturated carbocycles. The molecule has 28 heavy (non-hydrogen) atoms. The Hall–Kier alpha value is -2.88. The first-order valence-electron chi connectivity index (χ1n) is 8.43. The second-order valence-corrected chi connectivity index (χ2v) is 8.01. The number of hydrogen-bond acceptors (Lipinski definition) is 6. The molecule has 4 aromatic rings. The molecule has 4 rings (SSSR count). The summed E-state index contributed by atoms with van der Waals surface area (Å²) in [7, 11) is 0. The van der Waals surface area contributed by atoms with Gasteiger partial charge in [-0.05, 0) is 43.5 Å². The average Bonchev–Trinajstić information content (AvgIpc) is 3.29. The van der Waals surface area contributed by atoms with Crippen LogP contribution in [0.15, 0.2) is 45.6 Å². The Morgan fingerprint density at radius 3 is 2.64 bits per heavy atom. The lowest BCUT2D eigenvalue weighted by atomic mass is 10.0. The molecule has 0 saturated heterocycles. The summed E-state index contributed by atoms with van der Waals surface area (Å²) < 4.78 is 9.58. The summed E-state index contributed by atoms with van der Waals surface area (Å²) >= 11 is 12.0. The van der Waals surface area contributed by atoms with E-state index in [4.69, 9.17) is 32.2 Å². The molecule has 8 heteroatoms. The Kier molecular flexibility index (Phi) is 4.80. The Morgan fingerprint density at radius 2 is 1.93 bits per heavy atom. The molecule has 0 amide bonds. The van der Waals surface area contributed by atoms with Gasteiger partial charge in [0.15, 0.2) is 9.92 Å². The van der Waals surface area contributed by atoms with Gasteiger partial charge in [-0.25, -0.2) is 4.98 Å². The van der Waals surface area contributed by atoms with E-state index in [1.54, 1.807) is 13.1 Å². The fourth-order valence-electron chi connectivity index (χ4n) is 2.65. The first-order valence-corrected chi connectivity index (χ1v) is 9.19. The molecule has 0 fully saturated rings. The Bertz CT molecular complexity index is 1200. The number of benzene rings is 1. The molecule has 0 N–H and O–H groups in total. The zero-order chi connectivity index (χ0) is 19.7. The van der Waals surface area contributed by atoms with Gasteiger partial charge in [-0.2, -0.15) is 4.98 Å². The highest BCUT2D eigenvalue weighted by Gasteiger charge is 2.27. The number of hydrogen-bond donors (Lipinski definition) is 0. The van der Waals surface area contributed by atoms with Crippen LogP contribution in [0.25, 0.3) is 11.0 Å². The van der Waals surface area contributed by atoms with Crippen molar-refractivity contribution in [3.63, 3.8) is 0 Å². The molecule has 0 aliphatic carbocycles. The first-order chi connectivity index (χ1) is 13.4. The topological polar surface area (TPSA) is 77.8 Å². The molecule has 0 radical (unpaired) electrons. The zero-order valence-electron chi connectivity index (χ0n) is 15.0. The van der Waals surface area contributed by atoms with Gasteiger partial charge in [-0.15, -0.1) is 0 Å². The molecular weight excluding hydrogens is 399 g/mol. The van der Waals surface area contributed by atoms with E-state index in [0.29, 0.717) is 29.3 Å². The van der Waals surface area contributed by atoms with E-state index in [2.05, 4.69) is 32.1 Å². The van der Waals surface area contributed by atoms with Crippen LogP contribution in [0, 0.1) is 18.8 Å². The average molecular weight is 413 g/mol. The number of aryl methyl sites for hydroxylation is 1. The summed E-state index contributed by atoms with van der Waals surface area (Å²) in [6.45, 7) is 3.54. The molecule has 3 heterocycles. The molecule has 3 aromatic heterocycles. The molecule has 0 unspecified atom stereocenters. The third-order valence-corrected chi connectivity index (χ3v) is 4.42. The number of pyridine rings is 1. The van der Waals surface area contributed by atoms with Crippen molar-refractivity contribution in [2.45, 2.75) is 24.6 Å². The van der Waals surface area contributed by atoms with Gasteiger partial charge in [0, 0.05) is 11.6 Å². The summed E-state index contributed by atoms with van der Waals surface area (Å²) in [5.74, 6) is 6.75. The Balaban J connectivity index is 1.69.